The van der Waals surface area contributed by atoms with E-state index in [9.17, 15) is 19.1 Å². The summed E-state index contributed by atoms with van der Waals surface area (Å²) in [7, 11) is 1.32. The summed E-state index contributed by atoms with van der Waals surface area (Å²) in [6.07, 6.45) is 1.35. The molecule has 2 heterocycles. The molecule has 2 aromatic heterocycles. The van der Waals surface area contributed by atoms with E-state index in [1.54, 1.807) is 0 Å². The van der Waals surface area contributed by atoms with Crippen molar-refractivity contribution in [3.63, 3.8) is 0 Å². The van der Waals surface area contributed by atoms with Gasteiger partial charge in [-0.15, -0.1) is 0 Å². The molecule has 9 heteroatoms. The number of ether oxygens (including phenoxy) is 1. The number of amides is 1. The van der Waals surface area contributed by atoms with Crippen LogP contribution in [0.3, 0.4) is 0 Å². The van der Waals surface area contributed by atoms with Gasteiger partial charge in [0.2, 0.25) is 0 Å². The number of hydrogen-bond donors (Lipinski definition) is 3. The predicted molar refractivity (Wildman–Crippen MR) is 109 cm³/mol. The molecule has 0 bridgehead atoms. The maximum atomic E-state index is 13.9. The lowest BCUT2D eigenvalue weighted by atomic mass is 10.2. The highest BCUT2D eigenvalue weighted by Gasteiger charge is 2.22. The number of aromatic hydroxyl groups is 1. The van der Waals surface area contributed by atoms with Crippen molar-refractivity contribution in [2.24, 2.45) is 0 Å². The van der Waals surface area contributed by atoms with Crippen LogP contribution in [0.15, 0.2) is 53.5 Å². The molecule has 152 valence electrons. The van der Waals surface area contributed by atoms with E-state index >= 15 is 0 Å². The number of aromatic nitrogens is 3. The number of hydrogen-bond acceptors (Lipinski definition) is 5. The van der Waals surface area contributed by atoms with Crippen LogP contribution in [0.2, 0.25) is 0 Å². The number of anilines is 1. The summed E-state index contributed by atoms with van der Waals surface area (Å²) in [4.78, 5) is 27.8. The molecule has 0 aliphatic carbocycles. The lowest BCUT2D eigenvalue weighted by Gasteiger charge is -2.09. The van der Waals surface area contributed by atoms with Crippen LogP contribution in [0.4, 0.5) is 10.1 Å². The van der Waals surface area contributed by atoms with Crippen molar-refractivity contribution >= 4 is 22.6 Å². The Morgan fingerprint density at radius 3 is 2.63 bits per heavy atom. The monoisotopic (exact) mass is 408 g/mol. The molecule has 0 unspecified atom stereocenters. The average molecular weight is 408 g/mol. The number of H-pyrrole nitrogens is 1. The van der Waals surface area contributed by atoms with Crippen molar-refractivity contribution in [2.75, 3.05) is 12.4 Å². The van der Waals surface area contributed by atoms with Crippen LogP contribution in [0.5, 0.6) is 11.5 Å². The fraction of sp³-hybridized carbons (Fsp3) is 0.0952. The number of halogens is 1. The number of fused-ring (bicyclic) bond motifs is 1. The second kappa shape index (κ2) is 7.36. The molecule has 0 saturated carbocycles. The summed E-state index contributed by atoms with van der Waals surface area (Å²) >= 11 is 0. The second-order valence-electron chi connectivity index (χ2n) is 6.64. The smallest absolute Gasteiger partial charge is 0.266 e. The molecular weight excluding hydrogens is 391 g/mol. The van der Waals surface area contributed by atoms with Gasteiger partial charge in [0.05, 0.1) is 24.4 Å². The first-order valence-corrected chi connectivity index (χ1v) is 8.94. The molecule has 0 aliphatic heterocycles. The molecular formula is C21H17FN4O4. The zero-order valence-corrected chi connectivity index (χ0v) is 16.1. The highest BCUT2D eigenvalue weighted by molar-refractivity contribution is 6.08. The van der Waals surface area contributed by atoms with Crippen molar-refractivity contribution in [3.05, 3.63) is 76.0 Å². The number of carbonyl (C=O) groups excluding carboxylic acids is 1. The van der Waals surface area contributed by atoms with E-state index in [-0.39, 0.29) is 22.5 Å². The van der Waals surface area contributed by atoms with Gasteiger partial charge in [-0.3, -0.25) is 9.59 Å². The fourth-order valence-corrected chi connectivity index (χ4v) is 3.08. The Labute approximate surface area is 169 Å². The van der Waals surface area contributed by atoms with Gasteiger partial charge in [0, 0.05) is 11.8 Å². The molecule has 3 N–H and O–H groups in total. The number of pyridine rings is 1. The van der Waals surface area contributed by atoms with Gasteiger partial charge in [-0.05, 0) is 31.2 Å². The maximum Gasteiger partial charge on any atom is 0.266 e. The summed E-state index contributed by atoms with van der Waals surface area (Å²) < 4.78 is 20.1. The van der Waals surface area contributed by atoms with Crippen LogP contribution in [0, 0.1) is 12.7 Å². The SMILES string of the molecule is COc1ccc(NC(=O)c2c(O)c3cnn(-c4ccc(C)cc4)c3[nH]c2=O)cc1F. The van der Waals surface area contributed by atoms with Crippen molar-refractivity contribution in [3.8, 4) is 17.2 Å². The molecule has 0 aliphatic rings. The minimum absolute atomic E-state index is 0.0126. The molecule has 30 heavy (non-hydrogen) atoms. The number of nitrogens with one attached hydrogen (secondary N) is 2. The quantitative estimate of drug-likeness (QED) is 0.481. The van der Waals surface area contributed by atoms with Crippen LogP contribution >= 0.6 is 0 Å². The first-order valence-electron chi connectivity index (χ1n) is 8.94. The van der Waals surface area contributed by atoms with E-state index in [4.69, 9.17) is 4.74 Å². The standard InChI is InChI=1S/C21H17FN4O4/c1-11-3-6-13(7-4-11)26-19-14(10-23-26)18(27)17(21(29)25-19)20(28)24-12-5-8-16(30-2)15(22)9-12/h3-10H,1-2H3,(H,24,28)(H2,25,27,29). The maximum absolute atomic E-state index is 13.9. The first kappa shape index (κ1) is 19.2. The van der Waals surface area contributed by atoms with Crippen LogP contribution in [0.1, 0.15) is 15.9 Å². The summed E-state index contributed by atoms with van der Waals surface area (Å²) in [5, 5.41) is 17.4. The summed E-state index contributed by atoms with van der Waals surface area (Å²) in [5.74, 6) is -2.07. The van der Waals surface area contributed by atoms with Gasteiger partial charge in [0.15, 0.2) is 11.6 Å². The third-order valence-corrected chi connectivity index (χ3v) is 4.64. The summed E-state index contributed by atoms with van der Waals surface area (Å²) in [6, 6.07) is 11.2. The molecule has 2 aromatic carbocycles. The minimum Gasteiger partial charge on any atom is -0.506 e. The zero-order chi connectivity index (χ0) is 21.4. The number of benzene rings is 2. The summed E-state index contributed by atoms with van der Waals surface area (Å²) in [5.41, 5.74) is 0.778. The molecule has 0 atom stereocenters. The van der Waals surface area contributed by atoms with Crippen LogP contribution in [0.25, 0.3) is 16.7 Å². The number of methoxy groups -OCH3 is 1. The van der Waals surface area contributed by atoms with Crippen molar-refractivity contribution in [2.45, 2.75) is 6.92 Å². The topological polar surface area (TPSA) is 109 Å². The Morgan fingerprint density at radius 2 is 1.97 bits per heavy atom. The average Bonchev–Trinajstić information content (AvgIpc) is 3.12. The Kier molecular flexibility index (Phi) is 4.71. The zero-order valence-electron chi connectivity index (χ0n) is 16.1. The van der Waals surface area contributed by atoms with E-state index in [0.29, 0.717) is 5.69 Å². The number of nitrogens with zero attached hydrogens (tertiary/aromatic N) is 2. The van der Waals surface area contributed by atoms with Crippen LogP contribution < -0.4 is 15.6 Å². The first-order chi connectivity index (χ1) is 14.4. The van der Waals surface area contributed by atoms with Gasteiger partial charge >= 0.3 is 0 Å². The fourth-order valence-electron chi connectivity index (χ4n) is 3.08. The second-order valence-corrected chi connectivity index (χ2v) is 6.64. The van der Waals surface area contributed by atoms with E-state index < -0.39 is 28.6 Å². The number of carbonyl (C=O) groups is 1. The minimum atomic E-state index is -0.886. The van der Waals surface area contributed by atoms with Gasteiger partial charge in [-0.1, -0.05) is 17.7 Å². The van der Waals surface area contributed by atoms with Crippen molar-refractivity contribution < 1.29 is 19.0 Å². The third-order valence-electron chi connectivity index (χ3n) is 4.64. The van der Waals surface area contributed by atoms with Crippen molar-refractivity contribution in [1.29, 1.82) is 0 Å². The Morgan fingerprint density at radius 1 is 1.23 bits per heavy atom. The molecule has 8 nitrogen and oxygen atoms in total. The van der Waals surface area contributed by atoms with Gasteiger partial charge in [-0.2, -0.15) is 5.10 Å². The van der Waals surface area contributed by atoms with Crippen LogP contribution in [-0.2, 0) is 0 Å². The highest BCUT2D eigenvalue weighted by atomic mass is 19.1. The summed E-state index contributed by atoms with van der Waals surface area (Å²) in [6.45, 7) is 1.94. The van der Waals surface area contributed by atoms with Gasteiger partial charge in [-0.25, -0.2) is 9.07 Å². The van der Waals surface area contributed by atoms with E-state index in [2.05, 4.69) is 15.4 Å². The molecule has 0 fully saturated rings. The van der Waals surface area contributed by atoms with E-state index in [1.807, 2.05) is 31.2 Å². The molecule has 1 amide bonds. The van der Waals surface area contributed by atoms with E-state index in [1.165, 1.54) is 30.1 Å². The third kappa shape index (κ3) is 3.26. The predicted octanol–water partition coefficient (Wildman–Crippen LogP) is 3.13. The molecule has 4 aromatic rings. The van der Waals surface area contributed by atoms with E-state index in [0.717, 1.165) is 11.6 Å². The number of rotatable bonds is 4. The Balaban J connectivity index is 1.73. The Bertz CT molecular complexity index is 1330. The number of aryl methyl sites for hydroxylation is 1. The largest absolute Gasteiger partial charge is 0.506 e. The number of aromatic amines is 1. The van der Waals surface area contributed by atoms with Gasteiger partial charge < -0.3 is 20.1 Å². The van der Waals surface area contributed by atoms with Gasteiger partial charge in [0.25, 0.3) is 11.5 Å². The van der Waals surface area contributed by atoms with Crippen LogP contribution in [-0.4, -0.2) is 32.9 Å². The van der Waals surface area contributed by atoms with Gasteiger partial charge in [0.1, 0.15) is 17.0 Å². The van der Waals surface area contributed by atoms with Crippen molar-refractivity contribution in [1.82, 2.24) is 14.8 Å². The Hall–Kier alpha value is -4.14. The normalized spacial score (nSPS) is 10.9. The lowest BCUT2D eigenvalue weighted by molar-refractivity contribution is 0.102. The molecule has 0 radical (unpaired) electrons. The lowest BCUT2D eigenvalue weighted by Crippen LogP contribution is -2.23. The highest BCUT2D eigenvalue weighted by Crippen LogP contribution is 2.27. The molecule has 0 spiro atoms. The molecule has 4 rings (SSSR count). The molecule has 0 saturated heterocycles.